The molecule has 0 amide bonds. The summed E-state index contributed by atoms with van der Waals surface area (Å²) < 4.78 is 5.25. The molecule has 15 heavy (non-hydrogen) atoms. The molecule has 1 aromatic rings. The minimum Gasteiger partial charge on any atom is -0.494 e. The minimum absolute atomic E-state index is 0.00912. The van der Waals surface area contributed by atoms with E-state index < -0.39 is 0 Å². The molecule has 0 aliphatic heterocycles. The van der Waals surface area contributed by atoms with E-state index >= 15 is 0 Å². The highest BCUT2D eigenvalue weighted by molar-refractivity contribution is 5.96. The highest BCUT2D eigenvalue weighted by atomic mass is 16.5. The van der Waals surface area contributed by atoms with Crippen LogP contribution in [0.15, 0.2) is 24.3 Å². The van der Waals surface area contributed by atoms with Crippen LogP contribution in [0, 0.1) is 0 Å². The van der Waals surface area contributed by atoms with Crippen molar-refractivity contribution in [2.75, 3.05) is 6.61 Å². The Hall–Kier alpha value is -1.64. The lowest BCUT2D eigenvalue weighted by Crippen LogP contribution is -1.99. The first kappa shape index (κ1) is 11.4. The van der Waals surface area contributed by atoms with Gasteiger partial charge in [-0.1, -0.05) is 0 Å². The maximum Gasteiger partial charge on any atom is 0.163 e. The van der Waals surface area contributed by atoms with Crippen molar-refractivity contribution in [2.24, 2.45) is 0 Å². The minimum atomic E-state index is -0.00912. The molecule has 0 aromatic heterocycles. The second kappa shape index (κ2) is 5.96. The van der Waals surface area contributed by atoms with Gasteiger partial charge < -0.3 is 9.53 Å². The number of ketones is 1. The van der Waals surface area contributed by atoms with E-state index in [1.54, 1.807) is 24.3 Å². The monoisotopic (exact) mass is 206 g/mol. The molecule has 0 saturated heterocycles. The van der Waals surface area contributed by atoms with Crippen LogP contribution in [0.4, 0.5) is 0 Å². The Kier molecular flexibility index (Phi) is 4.54. The van der Waals surface area contributed by atoms with E-state index in [-0.39, 0.29) is 18.6 Å². The van der Waals surface area contributed by atoms with E-state index in [1.807, 2.05) is 6.92 Å². The van der Waals surface area contributed by atoms with Crippen LogP contribution in [0.25, 0.3) is 0 Å². The van der Waals surface area contributed by atoms with Gasteiger partial charge in [-0.25, -0.2) is 0 Å². The standard InChI is InChI=1S/C12H14O3/c1-2-15-11-7-5-10(6-8-11)12(14)4-3-9-13/h5-9H,2-4H2,1H3. The summed E-state index contributed by atoms with van der Waals surface area (Å²) in [7, 11) is 0. The first-order chi connectivity index (χ1) is 7.27. The molecule has 0 radical (unpaired) electrons. The van der Waals surface area contributed by atoms with Crippen LogP contribution < -0.4 is 4.74 Å². The number of hydrogen-bond donors (Lipinski definition) is 0. The van der Waals surface area contributed by atoms with Crippen LogP contribution in [0.2, 0.25) is 0 Å². The maximum atomic E-state index is 11.5. The van der Waals surface area contributed by atoms with Gasteiger partial charge >= 0.3 is 0 Å². The lowest BCUT2D eigenvalue weighted by molar-refractivity contribution is -0.107. The summed E-state index contributed by atoms with van der Waals surface area (Å²) in [6.07, 6.45) is 1.32. The van der Waals surface area contributed by atoms with Gasteiger partial charge in [0.2, 0.25) is 0 Å². The average molecular weight is 206 g/mol. The summed E-state index contributed by atoms with van der Waals surface area (Å²) in [4.78, 5) is 21.6. The molecule has 1 rings (SSSR count). The fourth-order valence-corrected chi connectivity index (χ4v) is 1.24. The third kappa shape index (κ3) is 3.54. The normalized spacial score (nSPS) is 9.67. The Morgan fingerprint density at radius 3 is 2.53 bits per heavy atom. The second-order valence-corrected chi connectivity index (χ2v) is 3.09. The lowest BCUT2D eigenvalue weighted by Gasteiger charge is -2.03. The first-order valence-corrected chi connectivity index (χ1v) is 4.97. The van der Waals surface area contributed by atoms with Crippen LogP contribution in [-0.2, 0) is 4.79 Å². The molecular weight excluding hydrogens is 192 g/mol. The van der Waals surface area contributed by atoms with Gasteiger partial charge in [0, 0.05) is 18.4 Å². The number of benzene rings is 1. The molecule has 0 atom stereocenters. The Morgan fingerprint density at radius 2 is 2.00 bits per heavy atom. The number of Topliss-reactive ketones (excluding diaryl/α,β-unsaturated/α-hetero) is 1. The molecule has 0 saturated carbocycles. The molecule has 0 fully saturated rings. The Balaban J connectivity index is 2.62. The van der Waals surface area contributed by atoms with Crippen molar-refractivity contribution in [3.63, 3.8) is 0 Å². The van der Waals surface area contributed by atoms with Crippen LogP contribution in [0.5, 0.6) is 5.75 Å². The SMILES string of the molecule is CCOc1ccc(C(=O)CCC=O)cc1. The molecule has 3 nitrogen and oxygen atoms in total. The molecule has 0 bridgehead atoms. The highest BCUT2D eigenvalue weighted by Crippen LogP contribution is 2.13. The summed E-state index contributed by atoms with van der Waals surface area (Å²) in [5, 5.41) is 0. The molecule has 0 spiro atoms. The number of ether oxygens (including phenoxy) is 1. The summed E-state index contributed by atoms with van der Waals surface area (Å²) >= 11 is 0. The number of carbonyl (C=O) groups is 2. The van der Waals surface area contributed by atoms with Gasteiger partial charge in [0.15, 0.2) is 5.78 Å². The van der Waals surface area contributed by atoms with Gasteiger partial charge in [0.05, 0.1) is 6.61 Å². The quantitative estimate of drug-likeness (QED) is 0.529. The van der Waals surface area contributed by atoms with E-state index in [4.69, 9.17) is 4.74 Å². The predicted molar refractivity (Wildman–Crippen MR) is 57.2 cm³/mol. The fourth-order valence-electron chi connectivity index (χ4n) is 1.24. The molecule has 1 aromatic carbocycles. The molecule has 3 heteroatoms. The molecule has 0 N–H and O–H groups in total. The Morgan fingerprint density at radius 1 is 1.33 bits per heavy atom. The zero-order valence-electron chi connectivity index (χ0n) is 8.73. The number of hydrogen-bond acceptors (Lipinski definition) is 3. The Bertz CT molecular complexity index is 327. The van der Waals surface area contributed by atoms with Gasteiger partial charge in [-0.2, -0.15) is 0 Å². The number of rotatable bonds is 6. The third-order valence-electron chi connectivity index (χ3n) is 1.98. The van der Waals surface area contributed by atoms with Gasteiger partial charge in [-0.3, -0.25) is 4.79 Å². The van der Waals surface area contributed by atoms with Crippen molar-refractivity contribution in [3.05, 3.63) is 29.8 Å². The van der Waals surface area contributed by atoms with Gasteiger partial charge in [-0.15, -0.1) is 0 Å². The van der Waals surface area contributed by atoms with E-state index in [9.17, 15) is 9.59 Å². The molecule has 0 heterocycles. The fraction of sp³-hybridized carbons (Fsp3) is 0.333. The van der Waals surface area contributed by atoms with Gasteiger partial charge in [-0.05, 0) is 31.2 Å². The van der Waals surface area contributed by atoms with Crippen molar-refractivity contribution in [2.45, 2.75) is 19.8 Å². The van der Waals surface area contributed by atoms with Crippen LogP contribution in [0.3, 0.4) is 0 Å². The van der Waals surface area contributed by atoms with Crippen molar-refractivity contribution in [1.82, 2.24) is 0 Å². The van der Waals surface area contributed by atoms with Crippen LogP contribution >= 0.6 is 0 Å². The third-order valence-corrected chi connectivity index (χ3v) is 1.98. The van der Waals surface area contributed by atoms with Gasteiger partial charge in [0.25, 0.3) is 0 Å². The molecular formula is C12H14O3. The summed E-state index contributed by atoms with van der Waals surface area (Å²) in [6.45, 7) is 2.52. The van der Waals surface area contributed by atoms with Crippen molar-refractivity contribution < 1.29 is 14.3 Å². The van der Waals surface area contributed by atoms with Crippen LogP contribution in [-0.4, -0.2) is 18.7 Å². The smallest absolute Gasteiger partial charge is 0.163 e. The number of carbonyl (C=O) groups excluding carboxylic acids is 2. The average Bonchev–Trinajstić information content (AvgIpc) is 2.27. The van der Waals surface area contributed by atoms with E-state index in [1.165, 1.54) is 0 Å². The van der Waals surface area contributed by atoms with Crippen molar-refractivity contribution in [1.29, 1.82) is 0 Å². The second-order valence-electron chi connectivity index (χ2n) is 3.09. The lowest BCUT2D eigenvalue weighted by atomic mass is 10.1. The van der Waals surface area contributed by atoms with Crippen LogP contribution in [0.1, 0.15) is 30.1 Å². The molecule has 80 valence electrons. The molecule has 0 aliphatic rings. The zero-order valence-corrected chi connectivity index (χ0v) is 8.73. The van der Waals surface area contributed by atoms with E-state index in [0.29, 0.717) is 12.2 Å². The van der Waals surface area contributed by atoms with Gasteiger partial charge in [0.1, 0.15) is 12.0 Å². The summed E-state index contributed by atoms with van der Waals surface area (Å²) in [6, 6.07) is 6.96. The zero-order chi connectivity index (χ0) is 11.1. The Labute approximate surface area is 89.1 Å². The van der Waals surface area contributed by atoms with Crippen molar-refractivity contribution >= 4 is 12.1 Å². The van der Waals surface area contributed by atoms with E-state index in [2.05, 4.69) is 0 Å². The largest absolute Gasteiger partial charge is 0.494 e. The molecule has 0 aliphatic carbocycles. The van der Waals surface area contributed by atoms with Crippen molar-refractivity contribution in [3.8, 4) is 5.75 Å². The highest BCUT2D eigenvalue weighted by Gasteiger charge is 2.04. The topological polar surface area (TPSA) is 43.4 Å². The first-order valence-electron chi connectivity index (χ1n) is 4.97. The maximum absolute atomic E-state index is 11.5. The predicted octanol–water partition coefficient (Wildman–Crippen LogP) is 2.25. The number of aldehydes is 1. The molecule has 0 unspecified atom stereocenters. The van der Waals surface area contributed by atoms with E-state index in [0.717, 1.165) is 12.0 Å². The summed E-state index contributed by atoms with van der Waals surface area (Å²) in [5.41, 5.74) is 0.625. The summed E-state index contributed by atoms with van der Waals surface area (Å²) in [5.74, 6) is 0.745.